The van der Waals surface area contributed by atoms with Crippen molar-refractivity contribution in [3.8, 4) is 0 Å². The number of carboxylic acid groups (broad SMARTS) is 1. The van der Waals surface area contributed by atoms with Crippen LogP contribution in [-0.4, -0.2) is 35.5 Å². The molecule has 0 heterocycles. The van der Waals surface area contributed by atoms with Crippen LogP contribution in [0.1, 0.15) is 135 Å². The number of carbonyl (C=O) groups is 2. The summed E-state index contributed by atoms with van der Waals surface area (Å²) in [6.07, 6.45) is 27.3. The molecule has 1 atom stereocenters. The molecule has 0 spiro atoms. The first-order chi connectivity index (χ1) is 17.0. The summed E-state index contributed by atoms with van der Waals surface area (Å²) in [5, 5.41) is 21.6. The predicted molar refractivity (Wildman–Crippen MR) is 147 cm³/mol. The van der Waals surface area contributed by atoms with Crippen molar-refractivity contribution in [1.82, 2.24) is 10.6 Å². The molecule has 7 nitrogen and oxygen atoms in total. The van der Waals surface area contributed by atoms with Crippen molar-refractivity contribution >= 4 is 17.8 Å². The van der Waals surface area contributed by atoms with Gasteiger partial charge in [-0.25, -0.2) is 4.79 Å². The molecule has 0 aromatic heterocycles. The lowest BCUT2D eigenvalue weighted by Gasteiger charge is -2.14. The number of amides is 1. The molecule has 7 heteroatoms. The van der Waals surface area contributed by atoms with Crippen LogP contribution in [0.15, 0.2) is 12.2 Å². The maximum Gasteiger partial charge on any atom is 0.326 e. The van der Waals surface area contributed by atoms with E-state index in [0.717, 1.165) is 19.3 Å². The number of hydrogen-bond donors (Lipinski definition) is 5. The Morgan fingerprint density at radius 3 is 1.77 bits per heavy atom. The minimum absolute atomic E-state index is 0.136. The standard InChI is InChI=1S/C28H54N4O3/c1-2-3-4-5-6-7-8-9-10-11-12-13-14-15-16-17-18-19-20-23-26(33)32-25(27(34)35)22-21-24-31-28(29)30/h9-10,25H,2-8,11-24H2,1H3,(H,32,33)(H,34,35)(H4,29,30,31)/b10-9-/t25-/m0/s1. The van der Waals surface area contributed by atoms with Gasteiger partial charge in [0.05, 0.1) is 0 Å². The van der Waals surface area contributed by atoms with E-state index < -0.39 is 12.0 Å². The number of unbranched alkanes of at least 4 members (excludes halogenated alkanes) is 15. The highest BCUT2D eigenvalue weighted by molar-refractivity contribution is 5.83. The van der Waals surface area contributed by atoms with Crippen molar-refractivity contribution in [2.75, 3.05) is 6.54 Å². The van der Waals surface area contributed by atoms with Gasteiger partial charge < -0.3 is 21.5 Å². The van der Waals surface area contributed by atoms with Crippen molar-refractivity contribution in [3.63, 3.8) is 0 Å². The Morgan fingerprint density at radius 1 is 0.800 bits per heavy atom. The lowest BCUT2D eigenvalue weighted by molar-refractivity contribution is -0.142. The molecule has 0 unspecified atom stereocenters. The summed E-state index contributed by atoms with van der Waals surface area (Å²) in [7, 11) is 0. The first-order valence-electron chi connectivity index (χ1n) is 14.2. The molecule has 0 saturated carbocycles. The summed E-state index contributed by atoms with van der Waals surface area (Å²) < 4.78 is 0. The predicted octanol–water partition coefficient (Wildman–Crippen LogP) is 6.42. The fourth-order valence-electron chi connectivity index (χ4n) is 4.12. The first-order valence-corrected chi connectivity index (χ1v) is 14.2. The van der Waals surface area contributed by atoms with Crippen molar-refractivity contribution in [2.24, 2.45) is 5.73 Å². The van der Waals surface area contributed by atoms with Crippen LogP contribution in [0.2, 0.25) is 0 Å². The molecule has 0 aliphatic carbocycles. The van der Waals surface area contributed by atoms with E-state index in [9.17, 15) is 14.7 Å². The van der Waals surface area contributed by atoms with Gasteiger partial charge in [0, 0.05) is 13.0 Å². The highest BCUT2D eigenvalue weighted by Gasteiger charge is 2.19. The summed E-state index contributed by atoms with van der Waals surface area (Å²) in [5.74, 6) is -1.36. The van der Waals surface area contributed by atoms with Crippen molar-refractivity contribution in [2.45, 2.75) is 141 Å². The average molecular weight is 495 g/mol. The normalized spacial score (nSPS) is 12.0. The number of guanidine groups is 1. The smallest absolute Gasteiger partial charge is 0.326 e. The minimum atomic E-state index is -1.02. The van der Waals surface area contributed by atoms with Crippen molar-refractivity contribution in [3.05, 3.63) is 12.2 Å². The van der Waals surface area contributed by atoms with Crippen LogP contribution < -0.4 is 16.4 Å². The van der Waals surface area contributed by atoms with E-state index >= 15 is 0 Å². The van der Waals surface area contributed by atoms with Gasteiger partial charge in [-0.3, -0.25) is 10.2 Å². The Labute approximate surface area is 214 Å². The molecule has 0 saturated heterocycles. The molecule has 0 radical (unpaired) electrons. The lowest BCUT2D eigenvalue weighted by Crippen LogP contribution is -2.41. The largest absolute Gasteiger partial charge is 0.480 e. The quantitative estimate of drug-likeness (QED) is 0.0433. The zero-order valence-electron chi connectivity index (χ0n) is 22.4. The third-order valence-electron chi connectivity index (χ3n) is 6.28. The molecule has 0 bridgehead atoms. The van der Waals surface area contributed by atoms with E-state index in [1.54, 1.807) is 0 Å². The number of nitrogens with one attached hydrogen (secondary N) is 3. The highest BCUT2D eigenvalue weighted by atomic mass is 16.4. The number of hydrogen-bond acceptors (Lipinski definition) is 3. The van der Waals surface area contributed by atoms with Gasteiger partial charge in [-0.05, 0) is 44.9 Å². The summed E-state index contributed by atoms with van der Waals surface area (Å²) in [5.41, 5.74) is 5.19. The molecule has 6 N–H and O–H groups in total. The van der Waals surface area contributed by atoms with E-state index in [0.29, 0.717) is 25.8 Å². The van der Waals surface area contributed by atoms with Gasteiger partial charge in [-0.2, -0.15) is 0 Å². The molecular weight excluding hydrogens is 440 g/mol. The van der Waals surface area contributed by atoms with Crippen LogP contribution in [-0.2, 0) is 9.59 Å². The van der Waals surface area contributed by atoms with Crippen LogP contribution in [0, 0.1) is 5.41 Å². The lowest BCUT2D eigenvalue weighted by atomic mass is 10.0. The third kappa shape index (κ3) is 24.9. The number of carbonyl (C=O) groups excluding carboxylic acids is 1. The summed E-state index contributed by atoms with van der Waals surface area (Å²) >= 11 is 0. The van der Waals surface area contributed by atoms with Crippen LogP contribution in [0.25, 0.3) is 0 Å². The van der Waals surface area contributed by atoms with Gasteiger partial charge in [-0.1, -0.05) is 96.1 Å². The Bertz CT molecular complexity index is 566. The second-order valence-electron chi connectivity index (χ2n) is 9.69. The van der Waals surface area contributed by atoms with Crippen LogP contribution in [0.5, 0.6) is 0 Å². The number of aliphatic carboxylic acids is 1. The van der Waals surface area contributed by atoms with Crippen molar-refractivity contribution in [1.29, 1.82) is 5.41 Å². The van der Waals surface area contributed by atoms with E-state index in [1.165, 1.54) is 89.9 Å². The van der Waals surface area contributed by atoms with Crippen LogP contribution in [0.4, 0.5) is 0 Å². The Kier molecular flexibility index (Phi) is 23.6. The third-order valence-corrected chi connectivity index (χ3v) is 6.28. The average Bonchev–Trinajstić information content (AvgIpc) is 2.82. The van der Waals surface area contributed by atoms with Gasteiger partial charge in [0.2, 0.25) is 5.91 Å². The molecule has 0 fully saturated rings. The SMILES string of the molecule is CCCCCCCC/C=C\CCCCCCCCCCCC(=O)N[C@@H](CCCNC(=N)N)C(=O)O. The molecule has 1 amide bonds. The van der Waals surface area contributed by atoms with Gasteiger partial charge in [0.1, 0.15) is 6.04 Å². The molecular formula is C28H54N4O3. The topological polar surface area (TPSA) is 128 Å². The van der Waals surface area contributed by atoms with Gasteiger partial charge >= 0.3 is 5.97 Å². The molecule has 0 aliphatic heterocycles. The van der Waals surface area contributed by atoms with Crippen LogP contribution in [0.3, 0.4) is 0 Å². The van der Waals surface area contributed by atoms with Gasteiger partial charge in [0.15, 0.2) is 5.96 Å². The molecule has 0 aromatic rings. The summed E-state index contributed by atoms with van der Waals surface area (Å²) in [6.45, 7) is 2.69. The van der Waals surface area contributed by atoms with Crippen LogP contribution >= 0.6 is 0 Å². The fourth-order valence-corrected chi connectivity index (χ4v) is 4.12. The van der Waals surface area contributed by atoms with E-state index in [2.05, 4.69) is 29.7 Å². The van der Waals surface area contributed by atoms with E-state index in [4.69, 9.17) is 11.1 Å². The Balaban J connectivity index is 3.48. The second kappa shape index (κ2) is 25.1. The van der Waals surface area contributed by atoms with Crippen molar-refractivity contribution < 1.29 is 14.7 Å². The number of nitrogens with two attached hydrogens (primary N) is 1. The van der Waals surface area contributed by atoms with E-state index in [1.807, 2.05) is 0 Å². The first kappa shape index (κ1) is 33.0. The maximum absolute atomic E-state index is 12.0. The maximum atomic E-state index is 12.0. The molecule has 0 rings (SSSR count). The summed E-state index contributed by atoms with van der Waals surface area (Å²) in [4.78, 5) is 23.3. The number of carboxylic acids is 1. The summed E-state index contributed by atoms with van der Waals surface area (Å²) in [6, 6.07) is -0.882. The van der Waals surface area contributed by atoms with Gasteiger partial charge in [-0.15, -0.1) is 0 Å². The Hall–Kier alpha value is -2.05. The molecule has 0 aromatic carbocycles. The van der Waals surface area contributed by atoms with E-state index in [-0.39, 0.29) is 11.9 Å². The molecule has 35 heavy (non-hydrogen) atoms. The van der Waals surface area contributed by atoms with Gasteiger partial charge in [0.25, 0.3) is 0 Å². The Morgan fingerprint density at radius 2 is 1.29 bits per heavy atom. The number of rotatable bonds is 25. The fraction of sp³-hybridized carbons (Fsp3) is 0.821. The number of allylic oxidation sites excluding steroid dienone is 2. The molecule has 204 valence electrons. The molecule has 0 aliphatic rings. The minimum Gasteiger partial charge on any atom is -0.480 e. The zero-order chi connectivity index (χ0) is 26.0. The zero-order valence-corrected chi connectivity index (χ0v) is 22.4. The second-order valence-corrected chi connectivity index (χ2v) is 9.69. The monoisotopic (exact) mass is 494 g/mol. The highest BCUT2D eigenvalue weighted by Crippen LogP contribution is 2.12.